The molecule has 2 aliphatic heterocycles. The van der Waals surface area contributed by atoms with Crippen molar-refractivity contribution in [3.63, 3.8) is 0 Å². The number of amides is 4. The van der Waals surface area contributed by atoms with E-state index >= 15 is 0 Å². The van der Waals surface area contributed by atoms with Gasteiger partial charge in [-0.1, -0.05) is 19.1 Å². The molecule has 4 rings (SSSR count). The molecule has 0 spiro atoms. The van der Waals surface area contributed by atoms with Gasteiger partial charge in [0.15, 0.2) is 0 Å². The third-order valence-corrected chi connectivity index (χ3v) is 6.60. The highest BCUT2D eigenvalue weighted by Gasteiger charge is 2.38. The number of barbiturate groups is 1. The third kappa shape index (κ3) is 4.06. The van der Waals surface area contributed by atoms with Gasteiger partial charge in [0.1, 0.15) is 5.57 Å². The fourth-order valence-electron chi connectivity index (χ4n) is 5.34. The molecule has 172 valence electrons. The van der Waals surface area contributed by atoms with E-state index in [4.69, 9.17) is 0 Å². The maximum atomic E-state index is 13.3. The molecule has 2 aromatic carbocycles. The predicted octanol–water partition coefficient (Wildman–Crippen LogP) is 5.08. The van der Waals surface area contributed by atoms with Crippen molar-refractivity contribution in [2.24, 2.45) is 0 Å². The minimum absolute atomic E-state index is 0.0511. The summed E-state index contributed by atoms with van der Waals surface area (Å²) in [7, 11) is 0. The smallest absolute Gasteiger partial charge is 0.335 e. The van der Waals surface area contributed by atoms with Gasteiger partial charge in [-0.3, -0.25) is 14.9 Å². The summed E-state index contributed by atoms with van der Waals surface area (Å²) in [5, 5.41) is 2.32. The summed E-state index contributed by atoms with van der Waals surface area (Å²) in [6, 6.07) is 10.8. The molecule has 6 nitrogen and oxygen atoms in total. The Balaban J connectivity index is 1.74. The average Bonchev–Trinajstić information content (AvgIpc) is 2.70. The van der Waals surface area contributed by atoms with Gasteiger partial charge in [-0.25, -0.2) is 9.69 Å². The van der Waals surface area contributed by atoms with Crippen LogP contribution in [-0.2, 0) is 9.59 Å². The van der Waals surface area contributed by atoms with Gasteiger partial charge >= 0.3 is 6.03 Å². The summed E-state index contributed by atoms with van der Waals surface area (Å²) in [6.45, 7) is 13.6. The highest BCUT2D eigenvalue weighted by molar-refractivity contribution is 6.39. The second-order valence-electron chi connectivity index (χ2n) is 9.78. The zero-order valence-electron chi connectivity index (χ0n) is 20.2. The van der Waals surface area contributed by atoms with Gasteiger partial charge in [0.05, 0.1) is 5.69 Å². The number of nitrogens with one attached hydrogen (secondary N) is 1. The Kier molecular flexibility index (Phi) is 5.64. The molecule has 1 N–H and O–H groups in total. The first-order valence-electron chi connectivity index (χ1n) is 11.4. The number of anilines is 2. The molecule has 2 heterocycles. The Hall–Kier alpha value is -3.41. The quantitative estimate of drug-likeness (QED) is 0.528. The summed E-state index contributed by atoms with van der Waals surface area (Å²) < 4.78 is 0. The lowest BCUT2D eigenvalue weighted by Gasteiger charge is -2.47. The fraction of sp³-hybridized carbons (Fsp3) is 0.370. The van der Waals surface area contributed by atoms with Crippen molar-refractivity contribution in [2.75, 3.05) is 16.3 Å². The van der Waals surface area contributed by atoms with Gasteiger partial charge < -0.3 is 4.90 Å². The summed E-state index contributed by atoms with van der Waals surface area (Å²) >= 11 is 0. The minimum atomic E-state index is -0.730. The Bertz CT molecular complexity index is 1170. The number of imide groups is 2. The van der Waals surface area contributed by atoms with E-state index in [0.717, 1.165) is 34.6 Å². The number of nitrogens with zero attached hydrogens (tertiary/aromatic N) is 2. The molecule has 2 aromatic rings. The average molecular weight is 446 g/mol. The first kappa shape index (κ1) is 22.8. The summed E-state index contributed by atoms with van der Waals surface area (Å²) in [4.78, 5) is 41.9. The summed E-state index contributed by atoms with van der Waals surface area (Å²) in [5.74, 6) is -0.941. The number of hydrogen-bond acceptors (Lipinski definition) is 4. The van der Waals surface area contributed by atoms with E-state index < -0.39 is 17.8 Å². The van der Waals surface area contributed by atoms with E-state index in [0.29, 0.717) is 11.6 Å². The molecule has 1 saturated heterocycles. The molecule has 2 aliphatic rings. The molecular formula is C27H31N3O3. The van der Waals surface area contributed by atoms with Gasteiger partial charge in [0.25, 0.3) is 11.8 Å². The second kappa shape index (κ2) is 8.18. The van der Waals surface area contributed by atoms with Gasteiger partial charge in [-0.15, -0.1) is 0 Å². The topological polar surface area (TPSA) is 69.7 Å². The van der Waals surface area contributed by atoms with Crippen molar-refractivity contribution in [2.45, 2.75) is 59.4 Å². The maximum absolute atomic E-state index is 13.3. The zero-order chi connectivity index (χ0) is 24.1. The van der Waals surface area contributed by atoms with Crippen molar-refractivity contribution in [3.8, 4) is 0 Å². The van der Waals surface area contributed by atoms with Crippen LogP contribution < -0.4 is 15.1 Å². The van der Waals surface area contributed by atoms with Crippen molar-refractivity contribution >= 4 is 35.3 Å². The van der Waals surface area contributed by atoms with E-state index in [9.17, 15) is 14.4 Å². The molecular weight excluding hydrogens is 414 g/mol. The van der Waals surface area contributed by atoms with Crippen LogP contribution in [0.1, 0.15) is 62.3 Å². The van der Waals surface area contributed by atoms with Gasteiger partial charge in [0.2, 0.25) is 0 Å². The van der Waals surface area contributed by atoms with Crippen LogP contribution in [0, 0.1) is 13.8 Å². The standard InChI is InChI=1S/C27H31N3O3/c1-7-29-23-9-8-19(13-21(23)18(4)15-27(29,5)6)14-22-24(31)28-26(33)30(25(22)32)20-11-16(2)10-17(3)12-20/h8-14,18H,7,15H2,1-6H3,(H,28,31,33)/b22-14+. The van der Waals surface area contributed by atoms with Crippen LogP contribution in [-0.4, -0.2) is 29.9 Å². The van der Waals surface area contributed by atoms with Crippen molar-refractivity contribution in [1.82, 2.24) is 5.32 Å². The molecule has 0 aromatic heterocycles. The van der Waals surface area contributed by atoms with Gasteiger partial charge in [-0.2, -0.15) is 0 Å². The first-order chi connectivity index (χ1) is 15.5. The van der Waals surface area contributed by atoms with Crippen LogP contribution in [0.4, 0.5) is 16.2 Å². The number of rotatable bonds is 3. The van der Waals surface area contributed by atoms with Crippen molar-refractivity contribution in [1.29, 1.82) is 0 Å². The van der Waals surface area contributed by atoms with Crippen LogP contribution in [0.3, 0.4) is 0 Å². The Morgan fingerprint density at radius 2 is 1.73 bits per heavy atom. The Morgan fingerprint density at radius 3 is 2.36 bits per heavy atom. The SMILES string of the molecule is CCN1c2ccc(/C=C3\C(=O)NC(=O)N(c4cc(C)cc(C)c4)C3=O)cc2C(C)CC1(C)C. The predicted molar refractivity (Wildman–Crippen MR) is 131 cm³/mol. The molecule has 4 amide bonds. The molecule has 0 radical (unpaired) electrons. The van der Waals surface area contributed by atoms with Crippen molar-refractivity contribution < 1.29 is 14.4 Å². The van der Waals surface area contributed by atoms with Crippen LogP contribution in [0.15, 0.2) is 42.0 Å². The number of hydrogen-bond donors (Lipinski definition) is 1. The molecule has 1 unspecified atom stereocenters. The molecule has 1 fully saturated rings. The number of fused-ring (bicyclic) bond motifs is 1. The summed E-state index contributed by atoms with van der Waals surface area (Å²) in [5.41, 5.74) is 5.49. The van der Waals surface area contributed by atoms with Crippen LogP contribution >= 0.6 is 0 Å². The Labute approximate surface area is 195 Å². The number of urea groups is 1. The lowest BCUT2D eigenvalue weighted by molar-refractivity contribution is -0.122. The molecule has 0 bridgehead atoms. The zero-order valence-corrected chi connectivity index (χ0v) is 20.2. The fourth-order valence-corrected chi connectivity index (χ4v) is 5.34. The molecule has 0 saturated carbocycles. The largest absolute Gasteiger partial charge is 0.366 e. The molecule has 6 heteroatoms. The van der Waals surface area contributed by atoms with E-state index in [-0.39, 0.29) is 11.1 Å². The second-order valence-corrected chi connectivity index (χ2v) is 9.78. The van der Waals surface area contributed by atoms with E-state index in [1.54, 1.807) is 18.2 Å². The van der Waals surface area contributed by atoms with Gasteiger partial charge in [0, 0.05) is 17.8 Å². The van der Waals surface area contributed by atoms with Crippen LogP contribution in [0.5, 0.6) is 0 Å². The Morgan fingerprint density at radius 1 is 1.06 bits per heavy atom. The number of aryl methyl sites for hydroxylation is 2. The first-order valence-corrected chi connectivity index (χ1v) is 11.4. The molecule has 33 heavy (non-hydrogen) atoms. The lowest BCUT2D eigenvalue weighted by Crippen LogP contribution is -2.54. The number of carbonyl (C=O) groups excluding carboxylic acids is 3. The number of carbonyl (C=O) groups is 3. The normalized spacial score (nSPS) is 21.3. The van der Waals surface area contributed by atoms with E-state index in [2.05, 4.69) is 50.0 Å². The summed E-state index contributed by atoms with van der Waals surface area (Å²) in [6.07, 6.45) is 2.60. The van der Waals surface area contributed by atoms with E-state index in [1.807, 2.05) is 26.0 Å². The van der Waals surface area contributed by atoms with Crippen LogP contribution in [0.25, 0.3) is 6.08 Å². The van der Waals surface area contributed by atoms with Crippen LogP contribution in [0.2, 0.25) is 0 Å². The lowest BCUT2D eigenvalue weighted by atomic mass is 9.79. The van der Waals surface area contributed by atoms with E-state index in [1.165, 1.54) is 11.3 Å². The highest BCUT2D eigenvalue weighted by Crippen LogP contribution is 2.43. The number of benzene rings is 2. The maximum Gasteiger partial charge on any atom is 0.335 e. The third-order valence-electron chi connectivity index (χ3n) is 6.60. The molecule has 1 atom stereocenters. The minimum Gasteiger partial charge on any atom is -0.366 e. The highest BCUT2D eigenvalue weighted by atomic mass is 16.2. The van der Waals surface area contributed by atoms with Gasteiger partial charge in [-0.05, 0) is 99.6 Å². The monoisotopic (exact) mass is 445 g/mol. The van der Waals surface area contributed by atoms with Crippen molar-refractivity contribution in [3.05, 3.63) is 64.2 Å². The molecule has 0 aliphatic carbocycles.